The number of aromatic nitrogens is 1. The quantitative estimate of drug-likeness (QED) is 0.538. The number of nitrogens with zero attached hydrogens (tertiary/aromatic N) is 1. The Morgan fingerprint density at radius 2 is 1.97 bits per heavy atom. The number of phenols is 1. The molecule has 0 aliphatic heterocycles. The number of esters is 1. The number of rotatable bonds is 4. The minimum atomic E-state index is -1.23. The highest BCUT2D eigenvalue weighted by Gasteiger charge is 2.33. The first-order valence-electron chi connectivity index (χ1n) is 9.93. The van der Waals surface area contributed by atoms with Gasteiger partial charge in [0, 0.05) is 27.7 Å². The summed E-state index contributed by atoms with van der Waals surface area (Å²) in [7, 11) is 0. The second-order valence-electron chi connectivity index (χ2n) is 7.78. The smallest absolute Gasteiger partial charge is 0.313 e. The van der Waals surface area contributed by atoms with E-state index in [-0.39, 0.29) is 33.8 Å². The summed E-state index contributed by atoms with van der Waals surface area (Å²) < 4.78 is 35.8. The number of phenolic OH excluding ortho intramolecular Hbond substituents is 1. The lowest BCUT2D eigenvalue weighted by molar-refractivity contribution is -0.154. The molecule has 1 heterocycles. The molecule has 8 heteroatoms. The number of fused-ring (bicyclic) bond motifs is 1. The van der Waals surface area contributed by atoms with E-state index in [9.17, 15) is 19.1 Å². The molecule has 1 aromatic heterocycles. The van der Waals surface area contributed by atoms with Crippen molar-refractivity contribution in [1.29, 1.82) is 0 Å². The van der Waals surface area contributed by atoms with Crippen molar-refractivity contribution in [3.05, 3.63) is 63.8 Å². The number of halogens is 3. The van der Waals surface area contributed by atoms with E-state index in [1.54, 1.807) is 19.1 Å². The van der Waals surface area contributed by atoms with Crippen LogP contribution in [0.25, 0.3) is 10.9 Å². The molecule has 1 atom stereocenters. The van der Waals surface area contributed by atoms with E-state index in [0.717, 1.165) is 29.9 Å². The summed E-state index contributed by atoms with van der Waals surface area (Å²) in [6.07, 6.45) is 2.34. The van der Waals surface area contributed by atoms with Crippen LogP contribution < -0.4 is 0 Å². The Bertz CT molecular complexity index is 1220. The predicted octanol–water partition coefficient (Wildman–Crippen LogP) is 5.47. The van der Waals surface area contributed by atoms with Gasteiger partial charge in [-0.2, -0.15) is 0 Å². The van der Waals surface area contributed by atoms with Crippen molar-refractivity contribution in [2.24, 2.45) is 0 Å². The van der Waals surface area contributed by atoms with Gasteiger partial charge in [-0.05, 0) is 56.9 Å². The fourth-order valence-electron chi connectivity index (χ4n) is 3.93. The number of ether oxygens (including phenoxy) is 1. The van der Waals surface area contributed by atoms with E-state index in [2.05, 4.69) is 0 Å². The lowest BCUT2D eigenvalue weighted by Crippen LogP contribution is -2.27. The average molecular weight is 448 g/mol. The van der Waals surface area contributed by atoms with Gasteiger partial charge in [0.15, 0.2) is 17.4 Å². The Hall–Kier alpha value is -2.93. The highest BCUT2D eigenvalue weighted by molar-refractivity contribution is 6.31. The number of aromatic hydroxyl groups is 1. The molecule has 0 amide bonds. The molecule has 0 radical (unpaired) electrons. The maximum absolute atomic E-state index is 15.0. The Morgan fingerprint density at radius 3 is 2.58 bits per heavy atom. The molecule has 1 N–H and O–H groups in total. The average Bonchev–Trinajstić information content (AvgIpc) is 2.99. The van der Waals surface area contributed by atoms with Crippen LogP contribution in [0.1, 0.15) is 53.7 Å². The van der Waals surface area contributed by atoms with E-state index >= 15 is 4.39 Å². The van der Waals surface area contributed by atoms with Crippen LogP contribution in [0.4, 0.5) is 8.78 Å². The van der Waals surface area contributed by atoms with Crippen molar-refractivity contribution < 1.29 is 28.2 Å². The van der Waals surface area contributed by atoms with Crippen LogP contribution in [0.3, 0.4) is 0 Å². The standard InChI is InChI=1S/C23H20ClF2NO4/c1-11(23(30)31-15-7-4-8-15)18-12(2)27(22(29)13-5-3-6-14(24)9-13)17-10-16(25)21(28)20(26)19(17)18/h3,5-6,9-11,15,28H,4,7-8H2,1-2H3. The number of hydrogen-bond donors (Lipinski definition) is 1. The minimum Gasteiger partial charge on any atom is -0.503 e. The van der Waals surface area contributed by atoms with Gasteiger partial charge in [-0.1, -0.05) is 17.7 Å². The molecular formula is C23H20ClF2NO4. The molecule has 0 spiro atoms. The van der Waals surface area contributed by atoms with Crippen LogP contribution in [0.2, 0.25) is 5.02 Å². The van der Waals surface area contributed by atoms with Crippen LogP contribution in [0.15, 0.2) is 30.3 Å². The molecule has 1 aliphatic carbocycles. The van der Waals surface area contributed by atoms with Crippen LogP contribution in [0.5, 0.6) is 5.75 Å². The Labute approximate surface area is 182 Å². The Kier molecular flexibility index (Phi) is 5.47. The van der Waals surface area contributed by atoms with Crippen molar-refractivity contribution in [2.75, 3.05) is 0 Å². The molecule has 2 aromatic carbocycles. The van der Waals surface area contributed by atoms with Gasteiger partial charge >= 0.3 is 5.97 Å². The fraction of sp³-hybridized carbons (Fsp3) is 0.304. The van der Waals surface area contributed by atoms with E-state index < -0.39 is 35.2 Å². The van der Waals surface area contributed by atoms with Crippen molar-refractivity contribution in [3.63, 3.8) is 0 Å². The molecule has 1 aliphatic rings. The number of benzene rings is 2. The molecule has 5 nitrogen and oxygen atoms in total. The van der Waals surface area contributed by atoms with Gasteiger partial charge < -0.3 is 9.84 Å². The zero-order chi connectivity index (χ0) is 22.4. The Morgan fingerprint density at radius 1 is 1.26 bits per heavy atom. The van der Waals surface area contributed by atoms with Crippen LogP contribution in [-0.2, 0) is 9.53 Å². The lowest BCUT2D eigenvalue weighted by atomic mass is 9.94. The molecule has 0 bridgehead atoms. The van der Waals surface area contributed by atoms with Crippen LogP contribution in [-0.4, -0.2) is 27.7 Å². The first-order valence-corrected chi connectivity index (χ1v) is 10.3. The number of carbonyl (C=O) groups is 2. The van der Waals surface area contributed by atoms with Gasteiger partial charge in [-0.15, -0.1) is 0 Å². The van der Waals surface area contributed by atoms with Crippen molar-refractivity contribution in [2.45, 2.75) is 45.1 Å². The summed E-state index contributed by atoms with van der Waals surface area (Å²) in [6.45, 7) is 3.08. The fourth-order valence-corrected chi connectivity index (χ4v) is 4.12. The zero-order valence-corrected chi connectivity index (χ0v) is 17.7. The third-order valence-corrected chi connectivity index (χ3v) is 6.04. The SMILES string of the molecule is Cc1c(C(C)C(=O)OC2CCC2)c2c(F)c(O)c(F)cc2n1C(=O)c1cccc(Cl)c1. The van der Waals surface area contributed by atoms with Gasteiger partial charge in [0.05, 0.1) is 11.4 Å². The third-order valence-electron chi connectivity index (χ3n) is 5.80. The maximum Gasteiger partial charge on any atom is 0.313 e. The zero-order valence-electron chi connectivity index (χ0n) is 16.9. The molecule has 1 saturated carbocycles. The summed E-state index contributed by atoms with van der Waals surface area (Å²) in [5.41, 5.74) is 0.538. The second kappa shape index (κ2) is 7.96. The summed E-state index contributed by atoms with van der Waals surface area (Å²) in [5, 5.41) is 9.99. The van der Waals surface area contributed by atoms with E-state index in [0.29, 0.717) is 5.02 Å². The monoisotopic (exact) mass is 447 g/mol. The largest absolute Gasteiger partial charge is 0.503 e. The van der Waals surface area contributed by atoms with E-state index in [4.69, 9.17) is 16.3 Å². The van der Waals surface area contributed by atoms with E-state index in [1.165, 1.54) is 19.1 Å². The Balaban J connectivity index is 1.92. The normalized spacial score (nSPS) is 15.0. The van der Waals surface area contributed by atoms with E-state index in [1.807, 2.05) is 0 Å². The maximum atomic E-state index is 15.0. The lowest BCUT2D eigenvalue weighted by Gasteiger charge is -2.26. The van der Waals surface area contributed by atoms with Gasteiger partial charge in [0.2, 0.25) is 0 Å². The highest BCUT2D eigenvalue weighted by Crippen LogP contribution is 2.39. The summed E-state index contributed by atoms with van der Waals surface area (Å²) in [4.78, 5) is 26.0. The summed E-state index contributed by atoms with van der Waals surface area (Å²) in [6, 6.07) is 7.04. The van der Waals surface area contributed by atoms with Gasteiger partial charge in [-0.3, -0.25) is 14.2 Å². The number of hydrogen-bond acceptors (Lipinski definition) is 4. The first kappa shape index (κ1) is 21.3. The third kappa shape index (κ3) is 3.57. The molecule has 1 unspecified atom stereocenters. The molecule has 0 saturated heterocycles. The molecule has 31 heavy (non-hydrogen) atoms. The van der Waals surface area contributed by atoms with Crippen LogP contribution in [0, 0.1) is 18.6 Å². The molecule has 4 rings (SSSR count). The second-order valence-corrected chi connectivity index (χ2v) is 8.21. The summed E-state index contributed by atoms with van der Waals surface area (Å²) in [5.74, 6) is -5.67. The predicted molar refractivity (Wildman–Crippen MR) is 112 cm³/mol. The minimum absolute atomic E-state index is 0.0893. The van der Waals surface area contributed by atoms with Crippen LogP contribution >= 0.6 is 11.6 Å². The van der Waals surface area contributed by atoms with Crippen molar-refractivity contribution in [3.8, 4) is 5.75 Å². The molecule has 1 fully saturated rings. The van der Waals surface area contributed by atoms with Crippen molar-refractivity contribution >= 4 is 34.4 Å². The highest BCUT2D eigenvalue weighted by atomic mass is 35.5. The molecule has 3 aromatic rings. The van der Waals surface area contributed by atoms with Gasteiger partial charge in [0.25, 0.3) is 5.91 Å². The van der Waals surface area contributed by atoms with Gasteiger partial charge in [0.1, 0.15) is 6.10 Å². The first-order chi connectivity index (χ1) is 14.7. The van der Waals surface area contributed by atoms with Crippen molar-refractivity contribution in [1.82, 2.24) is 4.57 Å². The summed E-state index contributed by atoms with van der Waals surface area (Å²) >= 11 is 5.99. The molecule has 162 valence electrons. The number of carbonyl (C=O) groups excluding carboxylic acids is 2. The van der Waals surface area contributed by atoms with Gasteiger partial charge in [-0.25, -0.2) is 8.78 Å². The topological polar surface area (TPSA) is 68.5 Å². The molecular weight excluding hydrogens is 428 g/mol.